The number of carbonyl (C=O) groups is 3. The molecule has 0 aromatic rings. The lowest BCUT2D eigenvalue weighted by atomic mass is 10.0. The Balaban J connectivity index is 1.57. The van der Waals surface area contributed by atoms with Gasteiger partial charge in [-0.2, -0.15) is 5.06 Å². The fourth-order valence-electron chi connectivity index (χ4n) is 2.73. The Hall–Kier alpha value is -1.70. The fourth-order valence-corrected chi connectivity index (χ4v) is 3.06. The maximum absolute atomic E-state index is 11.7. The number of hydroxylamine groups is 2. The van der Waals surface area contributed by atoms with Crippen LogP contribution in [0.5, 0.6) is 0 Å². The molecule has 0 saturated carbocycles. The first kappa shape index (κ1) is 17.7. The number of piperidine rings is 1. The van der Waals surface area contributed by atoms with Crippen LogP contribution in [-0.2, 0) is 19.2 Å². The van der Waals surface area contributed by atoms with E-state index in [1.807, 2.05) is 0 Å². The average molecular weight is 341 g/mol. The van der Waals surface area contributed by atoms with Gasteiger partial charge in [0, 0.05) is 31.3 Å². The number of hydrogen-bond acceptors (Lipinski definition) is 5. The molecule has 2 fully saturated rings. The number of amides is 1. The molecule has 23 heavy (non-hydrogen) atoms. The minimum Gasteiger partial charge on any atom is -0.358 e. The second kappa shape index (κ2) is 8.24. The summed E-state index contributed by atoms with van der Waals surface area (Å²) in [6, 6.07) is 0.668. The molecule has 1 amide bonds. The second-order valence-electron chi connectivity index (χ2n) is 6.04. The van der Waals surface area contributed by atoms with Crippen molar-refractivity contribution >= 4 is 35.0 Å². The molecule has 0 spiro atoms. The molecule has 128 valence electrons. The number of rotatable bonds is 7. The maximum Gasteiger partial charge on any atom is 0.332 e. The van der Waals surface area contributed by atoms with Crippen molar-refractivity contribution in [2.75, 3.05) is 6.54 Å². The third-order valence-corrected chi connectivity index (χ3v) is 4.34. The van der Waals surface area contributed by atoms with Gasteiger partial charge in [0.05, 0.1) is 0 Å². The van der Waals surface area contributed by atoms with Gasteiger partial charge in [-0.1, -0.05) is 12.8 Å². The highest BCUT2D eigenvalue weighted by Crippen LogP contribution is 2.13. The zero-order chi connectivity index (χ0) is 16.8. The number of hydrogen-bond donors (Lipinski definition) is 2. The maximum atomic E-state index is 11.7. The van der Waals surface area contributed by atoms with Crippen molar-refractivity contribution in [1.82, 2.24) is 15.7 Å². The van der Waals surface area contributed by atoms with Crippen molar-refractivity contribution in [3.63, 3.8) is 0 Å². The highest BCUT2D eigenvalue weighted by molar-refractivity contribution is 7.80. The van der Waals surface area contributed by atoms with Crippen LogP contribution >= 0.6 is 12.2 Å². The van der Waals surface area contributed by atoms with E-state index in [1.54, 1.807) is 0 Å². The summed E-state index contributed by atoms with van der Waals surface area (Å²) >= 11 is 5.07. The van der Waals surface area contributed by atoms with Gasteiger partial charge in [-0.15, -0.1) is 0 Å². The number of carbonyl (C=O) groups excluding carboxylic acids is 3. The molecule has 2 rings (SSSR count). The van der Waals surface area contributed by atoms with Crippen LogP contribution < -0.4 is 10.6 Å². The molecule has 2 atom stereocenters. The van der Waals surface area contributed by atoms with Crippen molar-refractivity contribution in [2.45, 2.75) is 64.0 Å². The number of unbranched alkanes of at least 4 members (excludes halogenated alkanes) is 2. The molecule has 2 N–H and O–H groups in total. The summed E-state index contributed by atoms with van der Waals surface area (Å²) in [6.45, 7) is 1.97. The Labute approximate surface area is 141 Å². The van der Waals surface area contributed by atoms with E-state index < -0.39 is 5.97 Å². The first-order valence-electron chi connectivity index (χ1n) is 8.05. The van der Waals surface area contributed by atoms with Crippen molar-refractivity contribution in [3.8, 4) is 0 Å². The van der Waals surface area contributed by atoms with Gasteiger partial charge in [0.15, 0.2) is 10.9 Å². The predicted molar refractivity (Wildman–Crippen MR) is 87.3 cm³/mol. The summed E-state index contributed by atoms with van der Waals surface area (Å²) in [5, 5.41) is 7.97. The Morgan fingerprint density at radius 3 is 2.74 bits per heavy atom. The quantitative estimate of drug-likeness (QED) is 0.523. The third kappa shape index (κ3) is 5.46. The van der Waals surface area contributed by atoms with Gasteiger partial charge in [0.1, 0.15) is 6.54 Å². The molecular weight excluding hydrogens is 318 g/mol. The van der Waals surface area contributed by atoms with Crippen LogP contribution in [0, 0.1) is 0 Å². The second-order valence-corrected chi connectivity index (χ2v) is 6.45. The molecule has 0 aromatic carbocycles. The lowest BCUT2D eigenvalue weighted by Crippen LogP contribution is -2.41. The van der Waals surface area contributed by atoms with Gasteiger partial charge in [0.25, 0.3) is 5.91 Å². The summed E-state index contributed by atoms with van der Waals surface area (Å²) in [7, 11) is 0. The molecule has 8 heteroatoms. The lowest BCUT2D eigenvalue weighted by molar-refractivity contribution is -0.201. The lowest BCUT2D eigenvalue weighted by Gasteiger charge is -2.23. The molecule has 2 aliphatic heterocycles. The minimum atomic E-state index is -0.455. The smallest absolute Gasteiger partial charge is 0.332 e. The van der Waals surface area contributed by atoms with Crippen LogP contribution in [0.15, 0.2) is 0 Å². The van der Waals surface area contributed by atoms with Gasteiger partial charge in [-0.3, -0.25) is 9.59 Å². The fraction of sp³-hybridized carbons (Fsp3) is 0.733. The molecule has 7 nitrogen and oxygen atoms in total. The van der Waals surface area contributed by atoms with Crippen molar-refractivity contribution in [1.29, 1.82) is 0 Å². The van der Waals surface area contributed by atoms with Crippen molar-refractivity contribution in [3.05, 3.63) is 0 Å². The molecule has 2 heterocycles. The number of Topliss-reactive ketones (excluding diaryl/α,β-unsaturated/α-hetero) is 1. The minimum absolute atomic E-state index is 0.0814. The molecular formula is C15H23N3O4S. The number of nitrogens with one attached hydrogen (secondary N) is 2. The van der Waals surface area contributed by atoms with Crippen LogP contribution in [0.3, 0.4) is 0 Å². The van der Waals surface area contributed by atoms with E-state index in [0.29, 0.717) is 23.6 Å². The van der Waals surface area contributed by atoms with Crippen LogP contribution in [0.4, 0.5) is 0 Å². The van der Waals surface area contributed by atoms with Crippen LogP contribution in [0.1, 0.15) is 51.9 Å². The van der Waals surface area contributed by atoms with Crippen molar-refractivity contribution < 1.29 is 19.2 Å². The summed E-state index contributed by atoms with van der Waals surface area (Å²) in [5.74, 6) is -0.840. The van der Waals surface area contributed by atoms with Gasteiger partial charge in [-0.25, -0.2) is 4.79 Å². The van der Waals surface area contributed by atoms with Crippen LogP contribution in [-0.4, -0.2) is 46.5 Å². The largest absolute Gasteiger partial charge is 0.358 e. The summed E-state index contributed by atoms with van der Waals surface area (Å²) in [5.41, 5.74) is 0. The zero-order valence-corrected chi connectivity index (χ0v) is 14.1. The first-order chi connectivity index (χ1) is 11.0. The van der Waals surface area contributed by atoms with Gasteiger partial charge < -0.3 is 15.5 Å². The molecule has 2 aliphatic rings. The normalized spacial score (nSPS) is 24.4. The average Bonchev–Trinajstić information content (AvgIpc) is 2.80. The molecule has 0 aromatic heterocycles. The standard InChI is InChI=1S/C15H23N3O4S/c1-10-12(17-15(23)16-10)5-3-2-4-6-14(21)22-18-9-11(19)7-8-13(18)20/h10,12H,2-9H2,1H3,(H2,16,17,23)/t10-,12+/m0/s1. The monoisotopic (exact) mass is 341 g/mol. The van der Waals surface area contributed by atoms with Crippen LogP contribution in [0.2, 0.25) is 0 Å². The van der Waals surface area contributed by atoms with Gasteiger partial charge in [-0.05, 0) is 32.0 Å². The Kier molecular flexibility index (Phi) is 6.32. The number of ketones is 1. The van der Waals surface area contributed by atoms with E-state index in [2.05, 4.69) is 17.6 Å². The predicted octanol–water partition coefficient (Wildman–Crippen LogP) is 0.821. The van der Waals surface area contributed by atoms with E-state index in [0.717, 1.165) is 24.3 Å². The van der Waals surface area contributed by atoms with E-state index >= 15 is 0 Å². The Morgan fingerprint density at radius 2 is 2.04 bits per heavy atom. The summed E-state index contributed by atoms with van der Waals surface area (Å²) < 4.78 is 0. The van der Waals surface area contributed by atoms with E-state index in [1.165, 1.54) is 0 Å². The Bertz CT molecular complexity index is 497. The highest BCUT2D eigenvalue weighted by Gasteiger charge is 2.27. The van der Waals surface area contributed by atoms with E-state index in [-0.39, 0.29) is 37.5 Å². The summed E-state index contributed by atoms with van der Waals surface area (Å²) in [6.07, 6.45) is 4.19. The highest BCUT2D eigenvalue weighted by atomic mass is 32.1. The zero-order valence-electron chi connectivity index (χ0n) is 13.3. The van der Waals surface area contributed by atoms with Gasteiger partial charge in [0.2, 0.25) is 0 Å². The first-order valence-corrected chi connectivity index (χ1v) is 8.46. The molecule has 0 radical (unpaired) electrons. The number of thiocarbonyl (C=S) groups is 1. The van der Waals surface area contributed by atoms with Crippen molar-refractivity contribution in [2.24, 2.45) is 0 Å². The Morgan fingerprint density at radius 1 is 1.26 bits per heavy atom. The summed E-state index contributed by atoms with van der Waals surface area (Å²) in [4.78, 5) is 39.5. The SMILES string of the molecule is C[C@@H]1NC(=S)N[C@@H]1CCCCCC(=O)ON1CC(=O)CCC1=O. The molecule has 2 saturated heterocycles. The number of nitrogens with zero attached hydrogens (tertiary/aromatic N) is 1. The topological polar surface area (TPSA) is 87.7 Å². The molecule has 0 aliphatic carbocycles. The van der Waals surface area contributed by atoms with Crippen LogP contribution in [0.25, 0.3) is 0 Å². The molecule has 0 bridgehead atoms. The van der Waals surface area contributed by atoms with E-state index in [9.17, 15) is 14.4 Å². The van der Waals surface area contributed by atoms with Gasteiger partial charge >= 0.3 is 5.97 Å². The van der Waals surface area contributed by atoms with E-state index in [4.69, 9.17) is 17.1 Å². The third-order valence-electron chi connectivity index (χ3n) is 4.10. The molecule has 0 unspecified atom stereocenters.